The molecule has 1 aliphatic carbocycles. The van der Waals surface area contributed by atoms with Crippen LogP contribution >= 0.6 is 11.3 Å². The van der Waals surface area contributed by atoms with Crippen molar-refractivity contribution in [2.24, 2.45) is 5.92 Å². The lowest BCUT2D eigenvalue weighted by Crippen LogP contribution is -2.47. The van der Waals surface area contributed by atoms with Crippen molar-refractivity contribution >= 4 is 23.2 Å². The van der Waals surface area contributed by atoms with Gasteiger partial charge in [-0.05, 0) is 36.3 Å². The zero-order valence-corrected chi connectivity index (χ0v) is 14.7. The number of fused-ring (bicyclic) bond motifs is 2. The molecular formula is C18H19N3O3S. The van der Waals surface area contributed by atoms with Gasteiger partial charge in [0, 0.05) is 30.9 Å². The average molecular weight is 357 g/mol. The fourth-order valence-corrected chi connectivity index (χ4v) is 4.45. The summed E-state index contributed by atoms with van der Waals surface area (Å²) in [6.07, 6.45) is 3.32. The van der Waals surface area contributed by atoms with Crippen LogP contribution < -0.4 is 10.1 Å². The summed E-state index contributed by atoms with van der Waals surface area (Å²) in [4.78, 5) is 31.7. The van der Waals surface area contributed by atoms with Crippen LogP contribution in [0.3, 0.4) is 0 Å². The summed E-state index contributed by atoms with van der Waals surface area (Å²) in [5.41, 5.74) is 0.576. The minimum absolute atomic E-state index is 0.00527. The normalized spacial score (nSPS) is 24.4. The van der Waals surface area contributed by atoms with Crippen molar-refractivity contribution in [3.8, 4) is 5.88 Å². The molecule has 3 atom stereocenters. The molecule has 2 aliphatic rings. The van der Waals surface area contributed by atoms with Crippen LogP contribution in [0.4, 0.5) is 0 Å². The fraction of sp³-hybridized carbons (Fsp3) is 0.389. The molecular weight excluding hydrogens is 338 g/mol. The first kappa shape index (κ1) is 16.1. The molecule has 7 heteroatoms. The molecule has 25 heavy (non-hydrogen) atoms. The first-order valence-corrected chi connectivity index (χ1v) is 9.19. The monoisotopic (exact) mass is 357 g/mol. The van der Waals surface area contributed by atoms with Crippen molar-refractivity contribution in [1.29, 1.82) is 0 Å². The zero-order valence-electron chi connectivity index (χ0n) is 13.8. The minimum atomic E-state index is -0.00946. The van der Waals surface area contributed by atoms with E-state index >= 15 is 0 Å². The maximum atomic E-state index is 12.7. The number of piperidine rings is 1. The number of amides is 2. The van der Waals surface area contributed by atoms with E-state index in [4.69, 9.17) is 4.74 Å². The van der Waals surface area contributed by atoms with Gasteiger partial charge in [-0.15, -0.1) is 11.3 Å². The molecule has 1 saturated carbocycles. The van der Waals surface area contributed by atoms with Gasteiger partial charge in [0.1, 0.15) is 0 Å². The number of rotatable bonds is 4. The molecule has 0 spiro atoms. The number of pyridine rings is 1. The number of methoxy groups -OCH3 is 1. The van der Waals surface area contributed by atoms with Crippen LogP contribution in [0.25, 0.3) is 0 Å². The molecule has 2 amide bonds. The molecule has 6 nitrogen and oxygen atoms in total. The summed E-state index contributed by atoms with van der Waals surface area (Å²) in [5.74, 6) is 0.815. The second-order valence-corrected chi connectivity index (χ2v) is 7.44. The number of ether oxygens (including phenoxy) is 1. The minimum Gasteiger partial charge on any atom is -0.481 e. The summed E-state index contributed by atoms with van der Waals surface area (Å²) in [7, 11) is 1.55. The Bertz CT molecular complexity index is 775. The third kappa shape index (κ3) is 3.00. The van der Waals surface area contributed by atoms with Crippen molar-refractivity contribution < 1.29 is 14.3 Å². The Morgan fingerprint density at radius 2 is 2.20 bits per heavy atom. The quantitative estimate of drug-likeness (QED) is 0.910. The van der Waals surface area contributed by atoms with Crippen LogP contribution in [0.5, 0.6) is 5.88 Å². The van der Waals surface area contributed by atoms with Gasteiger partial charge in [0.05, 0.1) is 17.6 Å². The summed E-state index contributed by atoms with van der Waals surface area (Å²) in [6, 6.07) is 7.50. The van der Waals surface area contributed by atoms with Crippen LogP contribution in [-0.4, -0.2) is 47.4 Å². The SMILES string of the molecule is COc1ccc(C(=O)N2C[C@@H]3C[C@H]2C[C@@H]3NC(=O)c2cccs2)cn1. The third-order valence-electron chi connectivity index (χ3n) is 5.06. The molecule has 2 fully saturated rings. The number of hydrogen-bond acceptors (Lipinski definition) is 5. The number of likely N-dealkylation sites (tertiary alicyclic amines) is 1. The van der Waals surface area contributed by atoms with Crippen molar-refractivity contribution in [1.82, 2.24) is 15.2 Å². The third-order valence-corrected chi connectivity index (χ3v) is 5.93. The highest BCUT2D eigenvalue weighted by atomic mass is 32.1. The van der Waals surface area contributed by atoms with Crippen molar-refractivity contribution in [2.45, 2.75) is 24.9 Å². The predicted octanol–water partition coefficient (Wildman–Crippen LogP) is 2.18. The number of thiophene rings is 1. The van der Waals surface area contributed by atoms with Crippen LogP contribution in [0.1, 0.15) is 32.9 Å². The largest absolute Gasteiger partial charge is 0.481 e. The molecule has 2 aromatic heterocycles. The number of aromatic nitrogens is 1. The Hall–Kier alpha value is -2.41. The molecule has 4 rings (SSSR count). The molecule has 1 N–H and O–H groups in total. The zero-order chi connectivity index (χ0) is 17.4. The highest BCUT2D eigenvalue weighted by Gasteiger charge is 2.47. The van der Waals surface area contributed by atoms with Gasteiger partial charge in [-0.2, -0.15) is 0 Å². The van der Waals surface area contributed by atoms with Gasteiger partial charge >= 0.3 is 0 Å². The van der Waals surface area contributed by atoms with Gasteiger partial charge in [-0.25, -0.2) is 4.98 Å². The average Bonchev–Trinajstić information content (AvgIpc) is 3.37. The molecule has 0 aromatic carbocycles. The molecule has 3 heterocycles. The first-order valence-electron chi connectivity index (χ1n) is 8.31. The molecule has 130 valence electrons. The predicted molar refractivity (Wildman–Crippen MR) is 93.9 cm³/mol. The number of carbonyl (C=O) groups excluding carboxylic acids is 2. The standard InChI is InChI=1S/C18H19N3O3S/c1-24-16-5-4-11(9-19-16)18(23)21-10-12-7-13(21)8-14(12)20-17(22)15-3-2-6-25-15/h2-6,9,12-14H,7-8,10H2,1H3,(H,20,22)/t12-,13-,14-/m0/s1. The van der Waals surface area contributed by atoms with Crippen LogP contribution in [-0.2, 0) is 0 Å². The second kappa shape index (κ2) is 6.48. The maximum absolute atomic E-state index is 12.7. The molecule has 2 bridgehead atoms. The van der Waals surface area contributed by atoms with E-state index in [0.717, 1.165) is 17.7 Å². The Morgan fingerprint density at radius 1 is 1.32 bits per heavy atom. The Labute approximate surface area is 149 Å². The van der Waals surface area contributed by atoms with Crippen LogP contribution in [0.2, 0.25) is 0 Å². The molecule has 0 unspecified atom stereocenters. The van der Waals surface area contributed by atoms with Gasteiger partial charge in [0.2, 0.25) is 5.88 Å². The van der Waals surface area contributed by atoms with Crippen molar-refractivity contribution in [2.75, 3.05) is 13.7 Å². The van der Waals surface area contributed by atoms with Gasteiger partial charge in [-0.1, -0.05) is 6.07 Å². The van der Waals surface area contributed by atoms with E-state index in [2.05, 4.69) is 10.3 Å². The Balaban J connectivity index is 1.39. The van der Waals surface area contributed by atoms with E-state index in [1.165, 1.54) is 11.3 Å². The van der Waals surface area contributed by atoms with E-state index < -0.39 is 0 Å². The van der Waals surface area contributed by atoms with Gasteiger partial charge in [0.15, 0.2) is 0 Å². The van der Waals surface area contributed by atoms with Crippen LogP contribution in [0, 0.1) is 5.92 Å². The van der Waals surface area contributed by atoms with Crippen LogP contribution in [0.15, 0.2) is 35.8 Å². The lowest BCUT2D eigenvalue weighted by molar-refractivity contribution is 0.0679. The molecule has 0 radical (unpaired) electrons. The number of nitrogens with one attached hydrogen (secondary N) is 1. The van der Waals surface area contributed by atoms with E-state index in [1.54, 1.807) is 25.4 Å². The lowest BCUT2D eigenvalue weighted by Gasteiger charge is -2.32. The summed E-state index contributed by atoms with van der Waals surface area (Å²) >= 11 is 1.45. The highest BCUT2D eigenvalue weighted by molar-refractivity contribution is 7.12. The lowest BCUT2D eigenvalue weighted by atomic mass is 10.0. The Morgan fingerprint density at radius 3 is 2.80 bits per heavy atom. The molecule has 2 aromatic rings. The number of carbonyl (C=O) groups is 2. The molecule has 1 aliphatic heterocycles. The van der Waals surface area contributed by atoms with Gasteiger partial charge in [-0.3, -0.25) is 9.59 Å². The summed E-state index contributed by atoms with van der Waals surface area (Å²) < 4.78 is 5.03. The number of hydrogen-bond donors (Lipinski definition) is 1. The second-order valence-electron chi connectivity index (χ2n) is 6.49. The topological polar surface area (TPSA) is 71.5 Å². The van der Waals surface area contributed by atoms with Crippen molar-refractivity contribution in [3.05, 3.63) is 46.3 Å². The summed E-state index contributed by atoms with van der Waals surface area (Å²) in [5, 5.41) is 5.03. The Kier molecular flexibility index (Phi) is 4.17. The van der Waals surface area contributed by atoms with E-state index in [9.17, 15) is 9.59 Å². The van der Waals surface area contributed by atoms with E-state index in [1.807, 2.05) is 22.4 Å². The van der Waals surface area contributed by atoms with Gasteiger partial charge < -0.3 is 15.0 Å². The fourth-order valence-electron chi connectivity index (χ4n) is 3.82. The number of nitrogens with zero attached hydrogens (tertiary/aromatic N) is 2. The van der Waals surface area contributed by atoms with Crippen molar-refractivity contribution in [3.63, 3.8) is 0 Å². The van der Waals surface area contributed by atoms with E-state index in [-0.39, 0.29) is 23.9 Å². The first-order chi connectivity index (χ1) is 12.2. The molecule has 1 saturated heterocycles. The summed E-state index contributed by atoms with van der Waals surface area (Å²) in [6.45, 7) is 0.685. The van der Waals surface area contributed by atoms with Gasteiger partial charge in [0.25, 0.3) is 11.8 Å². The highest BCUT2D eigenvalue weighted by Crippen LogP contribution is 2.38. The maximum Gasteiger partial charge on any atom is 0.261 e. The smallest absolute Gasteiger partial charge is 0.261 e. The van der Waals surface area contributed by atoms with E-state index in [0.29, 0.717) is 23.9 Å².